The molecule has 0 aliphatic carbocycles. The normalized spacial score (nSPS) is 14.8. The third-order valence-corrected chi connectivity index (χ3v) is 3.42. The van der Waals surface area contributed by atoms with Gasteiger partial charge in [0, 0.05) is 29.9 Å². The van der Waals surface area contributed by atoms with Gasteiger partial charge >= 0.3 is 0 Å². The maximum Gasteiger partial charge on any atom is 0.155 e. The molecule has 0 fully saturated rings. The van der Waals surface area contributed by atoms with Crippen LogP contribution in [0.1, 0.15) is 45.2 Å². The Hall–Kier alpha value is -1.42. The van der Waals surface area contributed by atoms with Crippen molar-refractivity contribution in [1.82, 2.24) is 19.9 Å². The maximum absolute atomic E-state index is 4.70. The van der Waals surface area contributed by atoms with Crippen molar-refractivity contribution in [2.24, 2.45) is 0 Å². The lowest BCUT2D eigenvalue weighted by atomic mass is 9.94. The van der Waals surface area contributed by atoms with E-state index in [9.17, 15) is 0 Å². The van der Waals surface area contributed by atoms with Crippen LogP contribution in [-0.2, 0) is 0 Å². The van der Waals surface area contributed by atoms with E-state index in [0.29, 0.717) is 12.0 Å². The first-order chi connectivity index (χ1) is 8.76. The lowest BCUT2D eigenvalue weighted by Gasteiger charge is -2.23. The van der Waals surface area contributed by atoms with Gasteiger partial charge in [-0.15, -0.1) is 0 Å². The summed E-state index contributed by atoms with van der Waals surface area (Å²) in [6, 6.07) is 4.48. The average molecular weight is 246 g/mol. The molecule has 0 bridgehead atoms. The molecule has 0 spiro atoms. The summed E-state index contributed by atoms with van der Waals surface area (Å²) in [5.41, 5.74) is 2.08. The first-order valence-electron chi connectivity index (χ1n) is 6.80. The summed E-state index contributed by atoms with van der Waals surface area (Å²) in [5, 5.41) is 7.74. The quantitative estimate of drug-likeness (QED) is 0.852. The number of nitrogens with one attached hydrogen (secondary N) is 1. The summed E-state index contributed by atoms with van der Waals surface area (Å²) in [6.45, 7) is 7.72. The Morgan fingerprint density at radius 3 is 2.89 bits per heavy atom. The number of rotatable bonds is 6. The zero-order chi connectivity index (χ0) is 13.0. The average Bonchev–Trinajstić information content (AvgIpc) is 2.84. The van der Waals surface area contributed by atoms with Gasteiger partial charge in [0.1, 0.15) is 0 Å². The van der Waals surface area contributed by atoms with Crippen LogP contribution in [0.15, 0.2) is 24.5 Å². The maximum atomic E-state index is 4.70. The van der Waals surface area contributed by atoms with E-state index in [-0.39, 0.29) is 0 Å². The van der Waals surface area contributed by atoms with Crippen LogP contribution in [0.4, 0.5) is 0 Å². The zero-order valence-corrected chi connectivity index (χ0v) is 11.4. The number of aromatic nitrogens is 3. The highest BCUT2D eigenvalue weighted by atomic mass is 15.2. The molecule has 1 N–H and O–H groups in total. The smallest absolute Gasteiger partial charge is 0.155 e. The molecule has 2 unspecified atom stereocenters. The van der Waals surface area contributed by atoms with Crippen LogP contribution in [0.25, 0.3) is 5.65 Å². The molecule has 0 aliphatic heterocycles. The van der Waals surface area contributed by atoms with Gasteiger partial charge in [-0.1, -0.05) is 13.8 Å². The van der Waals surface area contributed by atoms with Gasteiger partial charge in [-0.25, -0.2) is 9.50 Å². The molecule has 18 heavy (non-hydrogen) atoms. The second-order valence-corrected chi connectivity index (χ2v) is 4.74. The van der Waals surface area contributed by atoms with Crippen LogP contribution in [0.2, 0.25) is 0 Å². The lowest BCUT2D eigenvalue weighted by Crippen LogP contribution is -2.33. The summed E-state index contributed by atoms with van der Waals surface area (Å²) >= 11 is 0. The van der Waals surface area contributed by atoms with Crippen LogP contribution >= 0.6 is 0 Å². The summed E-state index contributed by atoms with van der Waals surface area (Å²) in [7, 11) is 0. The van der Waals surface area contributed by atoms with E-state index in [1.54, 1.807) is 10.7 Å². The van der Waals surface area contributed by atoms with Gasteiger partial charge in [0.25, 0.3) is 0 Å². The van der Waals surface area contributed by atoms with Gasteiger partial charge in [-0.3, -0.25) is 0 Å². The molecule has 2 rings (SSSR count). The van der Waals surface area contributed by atoms with Crippen molar-refractivity contribution in [1.29, 1.82) is 0 Å². The Morgan fingerprint density at radius 2 is 2.17 bits per heavy atom. The van der Waals surface area contributed by atoms with Crippen LogP contribution in [0.5, 0.6) is 0 Å². The molecule has 98 valence electrons. The monoisotopic (exact) mass is 246 g/mol. The van der Waals surface area contributed by atoms with Gasteiger partial charge in [-0.2, -0.15) is 5.10 Å². The van der Waals surface area contributed by atoms with Crippen molar-refractivity contribution in [3.8, 4) is 0 Å². The number of hydrogen-bond acceptors (Lipinski definition) is 3. The Balaban J connectivity index is 2.20. The largest absolute Gasteiger partial charge is 0.314 e. The van der Waals surface area contributed by atoms with Gasteiger partial charge < -0.3 is 5.32 Å². The predicted octanol–water partition coefficient (Wildman–Crippen LogP) is 2.61. The molecule has 0 saturated heterocycles. The van der Waals surface area contributed by atoms with E-state index >= 15 is 0 Å². The first-order valence-corrected chi connectivity index (χ1v) is 6.80. The van der Waals surface area contributed by atoms with Crippen molar-refractivity contribution >= 4 is 5.65 Å². The Kier molecular flexibility index (Phi) is 4.31. The Labute approximate surface area is 108 Å². The van der Waals surface area contributed by atoms with Gasteiger partial charge in [-0.05, 0) is 32.4 Å². The van der Waals surface area contributed by atoms with Gasteiger partial charge in [0.05, 0.1) is 6.20 Å². The molecule has 2 aromatic rings. The topological polar surface area (TPSA) is 42.2 Å². The van der Waals surface area contributed by atoms with Crippen molar-refractivity contribution in [2.45, 2.75) is 45.6 Å². The fraction of sp³-hybridized carbons (Fsp3) is 0.571. The molecular formula is C14H22N4. The number of hydrogen-bond donors (Lipinski definition) is 1. The van der Waals surface area contributed by atoms with Crippen molar-refractivity contribution in [2.75, 3.05) is 6.54 Å². The van der Waals surface area contributed by atoms with Crippen molar-refractivity contribution in [3.05, 3.63) is 30.2 Å². The van der Waals surface area contributed by atoms with Crippen molar-refractivity contribution < 1.29 is 0 Å². The minimum absolute atomic E-state index is 0.452. The Morgan fingerprint density at radius 1 is 1.33 bits per heavy atom. The summed E-state index contributed by atoms with van der Waals surface area (Å²) < 4.78 is 1.81. The SMILES string of the molecule is CCCNC(C)C(CC)c1ccn2nccc2n1. The first kappa shape index (κ1) is 13.0. The lowest BCUT2D eigenvalue weighted by molar-refractivity contribution is 0.443. The van der Waals surface area contributed by atoms with E-state index in [4.69, 9.17) is 4.98 Å². The van der Waals surface area contributed by atoms with Gasteiger partial charge in [0.2, 0.25) is 0 Å². The Bertz CT molecular complexity index is 491. The standard InChI is InChI=1S/C14H22N4/c1-4-8-15-11(3)12(5-2)13-7-10-18-14(17-13)6-9-16-18/h6-7,9-12,15H,4-5,8H2,1-3H3. The third kappa shape index (κ3) is 2.70. The minimum atomic E-state index is 0.452. The van der Waals surface area contributed by atoms with Crippen LogP contribution in [-0.4, -0.2) is 27.2 Å². The summed E-state index contributed by atoms with van der Waals surface area (Å²) in [6.07, 6.45) is 6.03. The van der Waals surface area contributed by atoms with Crippen LogP contribution in [0, 0.1) is 0 Å². The number of fused-ring (bicyclic) bond motifs is 1. The van der Waals surface area contributed by atoms with Crippen LogP contribution in [0.3, 0.4) is 0 Å². The molecule has 4 nitrogen and oxygen atoms in total. The van der Waals surface area contributed by atoms with E-state index < -0.39 is 0 Å². The second-order valence-electron chi connectivity index (χ2n) is 4.74. The highest BCUT2D eigenvalue weighted by molar-refractivity contribution is 5.37. The minimum Gasteiger partial charge on any atom is -0.314 e. The molecular weight excluding hydrogens is 224 g/mol. The molecule has 0 amide bonds. The molecule has 0 radical (unpaired) electrons. The third-order valence-electron chi connectivity index (χ3n) is 3.42. The molecule has 0 saturated carbocycles. The van der Waals surface area contributed by atoms with E-state index in [2.05, 4.69) is 37.3 Å². The van der Waals surface area contributed by atoms with Crippen LogP contribution < -0.4 is 5.32 Å². The molecule has 2 atom stereocenters. The van der Waals surface area contributed by atoms with Gasteiger partial charge in [0.15, 0.2) is 5.65 Å². The predicted molar refractivity (Wildman–Crippen MR) is 73.8 cm³/mol. The van der Waals surface area contributed by atoms with E-state index in [0.717, 1.165) is 30.7 Å². The highest BCUT2D eigenvalue weighted by Crippen LogP contribution is 2.21. The fourth-order valence-corrected chi connectivity index (χ4v) is 2.37. The molecule has 0 aromatic carbocycles. The molecule has 2 heterocycles. The summed E-state index contributed by atoms with van der Waals surface area (Å²) in [5.74, 6) is 0.455. The molecule has 2 aromatic heterocycles. The highest BCUT2D eigenvalue weighted by Gasteiger charge is 2.18. The van der Waals surface area contributed by atoms with Crippen molar-refractivity contribution in [3.63, 3.8) is 0 Å². The number of nitrogens with zero attached hydrogens (tertiary/aromatic N) is 3. The molecule has 4 heteroatoms. The second kappa shape index (κ2) is 5.96. The van der Waals surface area contributed by atoms with E-state index in [1.165, 1.54) is 0 Å². The van der Waals surface area contributed by atoms with E-state index in [1.807, 2.05) is 12.3 Å². The zero-order valence-electron chi connectivity index (χ0n) is 11.4. The molecule has 0 aliphatic rings. The fourth-order valence-electron chi connectivity index (χ4n) is 2.37. The summed E-state index contributed by atoms with van der Waals surface area (Å²) in [4.78, 5) is 4.70.